The summed E-state index contributed by atoms with van der Waals surface area (Å²) in [6.45, 7) is 2.41. The molecule has 2 rings (SSSR count). The van der Waals surface area contributed by atoms with Crippen LogP contribution in [0.15, 0.2) is 34.9 Å². The maximum Gasteiger partial charge on any atom is 0.191 e. The van der Waals surface area contributed by atoms with E-state index in [2.05, 4.69) is 43.0 Å². The highest BCUT2D eigenvalue weighted by atomic mass is 127. The highest BCUT2D eigenvalue weighted by Gasteiger charge is 2.04. The Morgan fingerprint density at radius 1 is 1.32 bits per heavy atom. The molecule has 2 aromatic rings. The van der Waals surface area contributed by atoms with E-state index < -0.39 is 0 Å². The second kappa shape index (κ2) is 9.67. The average Bonchev–Trinajstić information content (AvgIpc) is 3.13. The lowest BCUT2D eigenvalue weighted by atomic mass is 10.5. The lowest BCUT2D eigenvalue weighted by molar-refractivity contribution is 0.664. The van der Waals surface area contributed by atoms with Crippen molar-refractivity contribution in [2.75, 3.05) is 32.6 Å². The molecular formula is C14H23IN6S. The number of hydrogen-bond donors (Lipinski definition) is 2. The van der Waals surface area contributed by atoms with Gasteiger partial charge in [0.2, 0.25) is 0 Å². The molecule has 2 N–H and O–H groups in total. The summed E-state index contributed by atoms with van der Waals surface area (Å²) >= 11 is 1.64. The number of guanidine groups is 1. The number of anilines is 1. The number of hydrogen-bond acceptors (Lipinski definition) is 4. The maximum atomic E-state index is 4.53. The zero-order valence-electron chi connectivity index (χ0n) is 13.1. The Bertz CT molecular complexity index is 564. The fourth-order valence-electron chi connectivity index (χ4n) is 1.80. The molecule has 0 aliphatic heterocycles. The van der Waals surface area contributed by atoms with Crippen molar-refractivity contribution in [2.45, 2.75) is 13.1 Å². The molecule has 0 aliphatic carbocycles. The first-order chi connectivity index (χ1) is 10.2. The van der Waals surface area contributed by atoms with E-state index >= 15 is 0 Å². The molecular weight excluding hydrogens is 411 g/mol. The van der Waals surface area contributed by atoms with E-state index in [0.29, 0.717) is 6.54 Å². The first-order valence-electron chi connectivity index (χ1n) is 6.86. The zero-order valence-corrected chi connectivity index (χ0v) is 16.3. The van der Waals surface area contributed by atoms with Crippen LogP contribution in [0.2, 0.25) is 0 Å². The van der Waals surface area contributed by atoms with Gasteiger partial charge < -0.3 is 20.1 Å². The second-order valence-electron chi connectivity index (χ2n) is 4.79. The average molecular weight is 434 g/mol. The van der Waals surface area contributed by atoms with Crippen molar-refractivity contribution in [3.8, 4) is 0 Å². The lowest BCUT2D eigenvalue weighted by Gasteiger charge is -2.11. The molecule has 0 saturated heterocycles. The number of rotatable bonds is 6. The molecule has 8 heteroatoms. The first kappa shape index (κ1) is 18.8. The van der Waals surface area contributed by atoms with Crippen LogP contribution < -0.4 is 15.5 Å². The van der Waals surface area contributed by atoms with Crippen molar-refractivity contribution in [3.63, 3.8) is 0 Å². The minimum Gasteiger partial charge on any atom is -0.355 e. The van der Waals surface area contributed by atoms with Crippen LogP contribution in [-0.2, 0) is 13.1 Å². The summed E-state index contributed by atoms with van der Waals surface area (Å²) in [6.07, 6.45) is 4.10. The van der Waals surface area contributed by atoms with E-state index in [1.54, 1.807) is 18.4 Å². The summed E-state index contributed by atoms with van der Waals surface area (Å²) < 4.78 is 2.13. The predicted molar refractivity (Wildman–Crippen MR) is 104 cm³/mol. The summed E-state index contributed by atoms with van der Waals surface area (Å²) in [6, 6.07) is 4.05. The maximum absolute atomic E-state index is 4.53. The molecule has 0 atom stereocenters. The van der Waals surface area contributed by atoms with Crippen LogP contribution in [0.3, 0.4) is 0 Å². The van der Waals surface area contributed by atoms with Crippen molar-refractivity contribution in [3.05, 3.63) is 35.6 Å². The number of nitrogens with zero attached hydrogens (tertiary/aromatic N) is 4. The third kappa shape index (κ3) is 5.84. The molecule has 0 spiro atoms. The van der Waals surface area contributed by atoms with Crippen LogP contribution in [0.1, 0.15) is 5.69 Å². The van der Waals surface area contributed by atoms with Crippen LogP contribution in [0.4, 0.5) is 5.13 Å². The van der Waals surface area contributed by atoms with Crippen molar-refractivity contribution in [1.82, 2.24) is 20.2 Å². The minimum absolute atomic E-state index is 0. The van der Waals surface area contributed by atoms with Gasteiger partial charge in [-0.25, -0.2) is 4.98 Å². The fourth-order valence-corrected chi connectivity index (χ4v) is 2.56. The Kier molecular flexibility index (Phi) is 8.25. The van der Waals surface area contributed by atoms with Gasteiger partial charge in [-0.3, -0.25) is 4.99 Å². The first-order valence-corrected chi connectivity index (χ1v) is 7.74. The molecule has 122 valence electrons. The molecule has 2 heterocycles. The third-order valence-electron chi connectivity index (χ3n) is 2.91. The van der Waals surface area contributed by atoms with E-state index in [-0.39, 0.29) is 24.0 Å². The van der Waals surface area contributed by atoms with Gasteiger partial charge in [-0.05, 0) is 12.1 Å². The van der Waals surface area contributed by atoms with Crippen LogP contribution >= 0.6 is 35.3 Å². The SMILES string of the molecule is CN=C(NCCn1cccc1)NCc1csc(N(C)C)n1.I. The molecule has 0 amide bonds. The van der Waals surface area contributed by atoms with Gasteiger partial charge in [0.25, 0.3) is 0 Å². The van der Waals surface area contributed by atoms with Gasteiger partial charge in [0.05, 0.1) is 12.2 Å². The zero-order chi connectivity index (χ0) is 15.1. The fraction of sp³-hybridized carbons (Fsp3) is 0.429. The molecule has 0 fully saturated rings. The van der Waals surface area contributed by atoms with Crippen molar-refractivity contribution < 1.29 is 0 Å². The predicted octanol–water partition coefficient (Wildman–Crippen LogP) is 1.99. The Balaban J connectivity index is 0.00000242. The highest BCUT2D eigenvalue weighted by Crippen LogP contribution is 2.17. The summed E-state index contributed by atoms with van der Waals surface area (Å²) in [5.74, 6) is 0.793. The normalized spacial score (nSPS) is 11.0. The molecule has 0 bridgehead atoms. The summed E-state index contributed by atoms with van der Waals surface area (Å²) in [7, 11) is 5.77. The van der Waals surface area contributed by atoms with Crippen LogP contribution in [0.5, 0.6) is 0 Å². The molecule has 0 unspecified atom stereocenters. The van der Waals surface area contributed by atoms with Gasteiger partial charge in [-0.2, -0.15) is 0 Å². The van der Waals surface area contributed by atoms with Crippen molar-refractivity contribution in [2.24, 2.45) is 4.99 Å². The minimum atomic E-state index is 0. The monoisotopic (exact) mass is 434 g/mol. The standard InChI is InChI=1S/C14H22N6S.HI/c1-15-13(16-6-9-20-7-4-5-8-20)17-10-12-11-21-14(18-12)19(2)3;/h4-5,7-8,11H,6,9-10H2,1-3H3,(H2,15,16,17);1H. The van der Waals surface area contributed by atoms with Crippen LogP contribution in [-0.4, -0.2) is 43.2 Å². The molecule has 0 aliphatic rings. The van der Waals surface area contributed by atoms with E-state index in [0.717, 1.165) is 29.9 Å². The highest BCUT2D eigenvalue weighted by molar-refractivity contribution is 14.0. The molecule has 6 nitrogen and oxygen atoms in total. The molecule has 2 aromatic heterocycles. The molecule has 22 heavy (non-hydrogen) atoms. The molecule has 0 aromatic carbocycles. The largest absolute Gasteiger partial charge is 0.355 e. The summed E-state index contributed by atoms with van der Waals surface area (Å²) in [4.78, 5) is 10.8. The Morgan fingerprint density at radius 2 is 2.05 bits per heavy atom. The van der Waals surface area contributed by atoms with Gasteiger partial charge in [0.15, 0.2) is 11.1 Å². The van der Waals surface area contributed by atoms with Gasteiger partial charge in [0, 0.05) is 52.0 Å². The van der Waals surface area contributed by atoms with Crippen LogP contribution in [0.25, 0.3) is 0 Å². The lowest BCUT2D eigenvalue weighted by Crippen LogP contribution is -2.38. The van der Waals surface area contributed by atoms with E-state index in [4.69, 9.17) is 0 Å². The van der Waals surface area contributed by atoms with E-state index in [1.807, 2.05) is 31.1 Å². The molecule has 0 saturated carbocycles. The van der Waals surface area contributed by atoms with Crippen LogP contribution in [0, 0.1) is 0 Å². The number of halogens is 1. The van der Waals surface area contributed by atoms with Crippen molar-refractivity contribution in [1.29, 1.82) is 0 Å². The number of thiazole rings is 1. The van der Waals surface area contributed by atoms with Gasteiger partial charge in [-0.15, -0.1) is 35.3 Å². The third-order valence-corrected chi connectivity index (χ3v) is 3.97. The number of aromatic nitrogens is 2. The Labute approximate surface area is 152 Å². The topological polar surface area (TPSA) is 57.5 Å². The van der Waals surface area contributed by atoms with E-state index in [1.165, 1.54) is 0 Å². The van der Waals surface area contributed by atoms with Crippen molar-refractivity contribution >= 4 is 46.4 Å². The summed E-state index contributed by atoms with van der Waals surface area (Å²) in [5, 5.41) is 9.65. The van der Waals surface area contributed by atoms with Gasteiger partial charge in [-0.1, -0.05) is 0 Å². The number of nitrogens with one attached hydrogen (secondary N) is 2. The summed E-state index contributed by atoms with van der Waals surface area (Å²) in [5.41, 5.74) is 1.03. The Morgan fingerprint density at radius 3 is 2.64 bits per heavy atom. The smallest absolute Gasteiger partial charge is 0.191 e. The van der Waals surface area contributed by atoms with Gasteiger partial charge >= 0.3 is 0 Å². The van der Waals surface area contributed by atoms with E-state index in [9.17, 15) is 0 Å². The molecule has 0 radical (unpaired) electrons. The van der Waals surface area contributed by atoms with Gasteiger partial charge in [0.1, 0.15) is 0 Å². The Hall–Kier alpha value is -1.29. The second-order valence-corrected chi connectivity index (χ2v) is 5.63. The number of aliphatic imine (C=N–C) groups is 1. The quantitative estimate of drug-likeness (QED) is 0.415.